The average Bonchev–Trinajstić information content (AvgIpc) is 2.85. The molecular weight excluding hydrogens is 452 g/mol. The lowest BCUT2D eigenvalue weighted by molar-refractivity contribution is -0.129. The van der Waals surface area contributed by atoms with Crippen molar-refractivity contribution in [3.63, 3.8) is 0 Å². The molecule has 7 nitrogen and oxygen atoms in total. The minimum atomic E-state index is -1.01. The molecule has 0 fully saturated rings. The van der Waals surface area contributed by atoms with E-state index in [2.05, 4.69) is 21.7 Å². The minimum Gasteiger partial charge on any atom is -0.384 e. The topological polar surface area (TPSA) is 100 Å². The average molecular weight is 480 g/mol. The smallest absolute Gasteiger partial charge is 0.243 e. The molecule has 9 heteroatoms. The van der Waals surface area contributed by atoms with Gasteiger partial charge in [0, 0.05) is 32.3 Å². The molecule has 4 rings (SSSR count). The van der Waals surface area contributed by atoms with Gasteiger partial charge >= 0.3 is 0 Å². The molecule has 35 heavy (non-hydrogen) atoms. The van der Waals surface area contributed by atoms with E-state index in [4.69, 9.17) is 5.73 Å². The second kappa shape index (κ2) is 11.1. The minimum absolute atomic E-state index is 0.0115. The zero-order chi connectivity index (χ0) is 24.8. The summed E-state index contributed by atoms with van der Waals surface area (Å²) in [5, 5.41) is 5.54. The number of amides is 2. The van der Waals surface area contributed by atoms with Gasteiger partial charge in [0.2, 0.25) is 11.8 Å². The van der Waals surface area contributed by atoms with Gasteiger partial charge in [-0.05, 0) is 46.9 Å². The number of pyridine rings is 1. The Bertz CT molecular complexity index is 1200. The van der Waals surface area contributed by atoms with Crippen molar-refractivity contribution >= 4 is 17.6 Å². The van der Waals surface area contributed by atoms with E-state index in [0.717, 1.165) is 30.7 Å². The van der Waals surface area contributed by atoms with Gasteiger partial charge in [0.25, 0.3) is 0 Å². The molecule has 2 heterocycles. The van der Waals surface area contributed by atoms with Crippen LogP contribution < -0.4 is 16.4 Å². The lowest BCUT2D eigenvalue weighted by Gasteiger charge is -2.28. The fourth-order valence-corrected chi connectivity index (χ4v) is 4.10. The monoisotopic (exact) mass is 479 g/mol. The first-order valence-corrected chi connectivity index (χ1v) is 11.4. The summed E-state index contributed by atoms with van der Waals surface area (Å²) in [6.45, 7) is 1.68. The van der Waals surface area contributed by atoms with Crippen molar-refractivity contribution in [2.45, 2.75) is 32.0 Å². The summed E-state index contributed by atoms with van der Waals surface area (Å²) in [5.41, 5.74) is 9.17. The van der Waals surface area contributed by atoms with E-state index in [1.165, 1.54) is 17.2 Å². The summed E-state index contributed by atoms with van der Waals surface area (Å²) < 4.78 is 27.1. The van der Waals surface area contributed by atoms with Crippen molar-refractivity contribution in [2.24, 2.45) is 0 Å². The second-order valence-corrected chi connectivity index (χ2v) is 8.61. The van der Waals surface area contributed by atoms with Crippen molar-refractivity contribution in [3.8, 4) is 0 Å². The van der Waals surface area contributed by atoms with Crippen molar-refractivity contribution < 1.29 is 18.4 Å². The van der Waals surface area contributed by atoms with E-state index < -0.39 is 23.6 Å². The Morgan fingerprint density at radius 1 is 1.03 bits per heavy atom. The molecule has 1 unspecified atom stereocenters. The van der Waals surface area contributed by atoms with Crippen LogP contribution in [0.4, 0.5) is 14.6 Å². The Morgan fingerprint density at radius 3 is 2.54 bits per heavy atom. The number of carbonyl (C=O) groups is 2. The SMILES string of the molecule is Nc1ccc(CNC(=O)C(Cc2ccc(F)c(F)c2)NC(=O)CN2CCc3ccccc3C2)cn1. The maximum absolute atomic E-state index is 13.7. The largest absolute Gasteiger partial charge is 0.384 e. The molecule has 0 saturated heterocycles. The van der Waals surface area contributed by atoms with Crippen LogP contribution in [0.15, 0.2) is 60.8 Å². The number of nitrogen functional groups attached to an aromatic ring is 1. The van der Waals surface area contributed by atoms with E-state index in [9.17, 15) is 18.4 Å². The van der Waals surface area contributed by atoms with E-state index in [1.807, 2.05) is 23.1 Å². The second-order valence-electron chi connectivity index (χ2n) is 8.61. The lowest BCUT2D eigenvalue weighted by atomic mass is 10.00. The lowest BCUT2D eigenvalue weighted by Crippen LogP contribution is -2.50. The number of nitrogens with two attached hydrogens (primary N) is 1. The standard InChI is InChI=1S/C26H27F2N5O2/c27-21-7-5-17(11-22(21)28)12-23(26(35)31-14-18-6-8-24(29)30-13-18)32-25(34)16-33-10-9-19-3-1-2-4-20(19)15-33/h1-8,11,13,23H,9-10,12,14-16H2,(H2,29,30)(H,31,35)(H,32,34). The summed E-state index contributed by atoms with van der Waals surface area (Å²) in [7, 11) is 0. The Balaban J connectivity index is 1.41. The maximum Gasteiger partial charge on any atom is 0.243 e. The highest BCUT2D eigenvalue weighted by molar-refractivity contribution is 5.88. The highest BCUT2D eigenvalue weighted by Gasteiger charge is 2.24. The Morgan fingerprint density at radius 2 is 1.80 bits per heavy atom. The molecule has 4 N–H and O–H groups in total. The van der Waals surface area contributed by atoms with Crippen molar-refractivity contribution in [1.29, 1.82) is 0 Å². The predicted octanol–water partition coefficient (Wildman–Crippen LogP) is 2.34. The van der Waals surface area contributed by atoms with Gasteiger partial charge in [-0.1, -0.05) is 36.4 Å². The molecule has 0 bridgehead atoms. The molecule has 3 aromatic rings. The third kappa shape index (κ3) is 6.60. The first kappa shape index (κ1) is 24.3. The van der Waals surface area contributed by atoms with Crippen LogP contribution in [0.25, 0.3) is 0 Å². The van der Waals surface area contributed by atoms with Gasteiger partial charge in [-0.2, -0.15) is 0 Å². The number of fused-ring (bicyclic) bond motifs is 1. The zero-order valence-electron chi connectivity index (χ0n) is 19.1. The first-order valence-electron chi connectivity index (χ1n) is 11.4. The molecular formula is C26H27F2N5O2. The molecule has 2 amide bonds. The molecule has 1 atom stereocenters. The van der Waals surface area contributed by atoms with Crippen molar-refractivity contribution in [1.82, 2.24) is 20.5 Å². The predicted molar refractivity (Wildman–Crippen MR) is 128 cm³/mol. The normalized spacial score (nSPS) is 14.1. The molecule has 0 aliphatic carbocycles. The van der Waals surface area contributed by atoms with Crippen molar-refractivity contribution in [2.75, 3.05) is 18.8 Å². The number of carbonyl (C=O) groups excluding carboxylic acids is 2. The van der Waals surface area contributed by atoms with Gasteiger partial charge < -0.3 is 16.4 Å². The summed E-state index contributed by atoms with van der Waals surface area (Å²) in [5.74, 6) is -2.37. The van der Waals surface area contributed by atoms with Crippen LogP contribution in [0.3, 0.4) is 0 Å². The summed E-state index contributed by atoms with van der Waals surface area (Å²) in [6.07, 6.45) is 2.40. The molecule has 1 aliphatic rings. The van der Waals surface area contributed by atoms with E-state index in [0.29, 0.717) is 17.9 Å². The van der Waals surface area contributed by atoms with Gasteiger partial charge in [-0.3, -0.25) is 14.5 Å². The van der Waals surface area contributed by atoms with E-state index in [-0.39, 0.29) is 25.4 Å². The Kier molecular flexibility index (Phi) is 7.67. The third-order valence-electron chi connectivity index (χ3n) is 5.97. The van der Waals surface area contributed by atoms with Gasteiger partial charge in [0.15, 0.2) is 11.6 Å². The molecule has 1 aromatic heterocycles. The van der Waals surface area contributed by atoms with Gasteiger partial charge in [-0.25, -0.2) is 13.8 Å². The molecule has 1 aliphatic heterocycles. The fourth-order valence-electron chi connectivity index (χ4n) is 4.10. The molecule has 182 valence electrons. The van der Waals surface area contributed by atoms with Crippen LogP contribution in [-0.4, -0.2) is 40.8 Å². The van der Waals surface area contributed by atoms with Gasteiger partial charge in [0.05, 0.1) is 6.54 Å². The third-order valence-corrected chi connectivity index (χ3v) is 5.97. The fraction of sp³-hybridized carbons (Fsp3) is 0.269. The number of hydrogen-bond donors (Lipinski definition) is 3. The summed E-state index contributed by atoms with van der Waals surface area (Å²) in [4.78, 5) is 31.9. The van der Waals surface area contributed by atoms with E-state index >= 15 is 0 Å². The highest BCUT2D eigenvalue weighted by atomic mass is 19.2. The highest BCUT2D eigenvalue weighted by Crippen LogP contribution is 2.18. The summed E-state index contributed by atoms with van der Waals surface area (Å²) in [6, 6.07) is 13.9. The number of benzene rings is 2. The molecule has 0 radical (unpaired) electrons. The summed E-state index contributed by atoms with van der Waals surface area (Å²) >= 11 is 0. The van der Waals surface area contributed by atoms with Crippen LogP contribution in [-0.2, 0) is 35.5 Å². The van der Waals surface area contributed by atoms with Gasteiger partial charge in [0.1, 0.15) is 11.9 Å². The number of anilines is 1. The van der Waals surface area contributed by atoms with Crippen LogP contribution in [0, 0.1) is 11.6 Å². The molecule has 2 aromatic carbocycles. The number of rotatable bonds is 8. The van der Waals surface area contributed by atoms with Crippen LogP contribution in [0.2, 0.25) is 0 Å². The Hall–Kier alpha value is -3.85. The maximum atomic E-state index is 13.7. The van der Waals surface area contributed by atoms with Crippen LogP contribution in [0.5, 0.6) is 0 Å². The molecule has 0 spiro atoms. The van der Waals surface area contributed by atoms with Crippen LogP contribution >= 0.6 is 0 Å². The van der Waals surface area contributed by atoms with E-state index in [1.54, 1.807) is 18.3 Å². The number of hydrogen-bond acceptors (Lipinski definition) is 5. The van der Waals surface area contributed by atoms with Crippen LogP contribution in [0.1, 0.15) is 22.3 Å². The zero-order valence-corrected chi connectivity index (χ0v) is 19.1. The quantitative estimate of drug-likeness (QED) is 0.461. The number of nitrogens with one attached hydrogen (secondary N) is 2. The van der Waals surface area contributed by atoms with Crippen molar-refractivity contribution in [3.05, 3.63) is 94.7 Å². The molecule has 0 saturated carbocycles. The van der Waals surface area contributed by atoms with Gasteiger partial charge in [-0.15, -0.1) is 0 Å². The number of halogens is 2. The Labute approximate surface area is 202 Å². The number of aromatic nitrogens is 1. The number of nitrogens with zero attached hydrogens (tertiary/aromatic N) is 2. The first-order chi connectivity index (χ1) is 16.9.